The summed E-state index contributed by atoms with van der Waals surface area (Å²) in [7, 11) is 0. The first kappa shape index (κ1) is 10.0. The molecule has 0 amide bonds. The molecule has 3 nitrogen and oxygen atoms in total. The minimum absolute atomic E-state index is 0.0384. The fourth-order valence-electron chi connectivity index (χ4n) is 0.908. The van der Waals surface area contributed by atoms with E-state index in [9.17, 15) is 0 Å². The zero-order valence-electron chi connectivity index (χ0n) is 7.60. The van der Waals surface area contributed by atoms with Gasteiger partial charge in [-0.3, -0.25) is 0 Å². The van der Waals surface area contributed by atoms with Crippen LogP contribution in [0.2, 0.25) is 0 Å². The lowest BCUT2D eigenvalue weighted by atomic mass is 10.2. The molecule has 0 saturated carbocycles. The van der Waals surface area contributed by atoms with Gasteiger partial charge in [0.05, 0.1) is 12.7 Å². The Morgan fingerprint density at radius 1 is 1.31 bits per heavy atom. The molecule has 0 fully saturated rings. The second kappa shape index (κ2) is 4.84. The average molecular weight is 182 g/mol. The molecule has 0 aliphatic rings. The van der Waals surface area contributed by atoms with E-state index in [-0.39, 0.29) is 6.61 Å². The van der Waals surface area contributed by atoms with Crippen molar-refractivity contribution in [3.8, 4) is 5.75 Å². The van der Waals surface area contributed by atoms with Crippen molar-refractivity contribution in [2.75, 3.05) is 6.61 Å². The first-order chi connectivity index (χ1) is 6.22. The molecule has 13 heavy (non-hydrogen) atoms. The number of hydrogen-bond acceptors (Lipinski definition) is 3. The fourth-order valence-corrected chi connectivity index (χ4v) is 0.908. The van der Waals surface area contributed by atoms with Gasteiger partial charge in [0.15, 0.2) is 0 Å². The predicted octanol–water partition coefficient (Wildman–Crippen LogP) is 0.938. The number of aliphatic hydroxyl groups is 2. The SMILES string of the molecule is CC(O)COc1ccc(CO)cc1. The molecule has 3 heteroatoms. The second-order valence-electron chi connectivity index (χ2n) is 2.96. The highest BCUT2D eigenvalue weighted by atomic mass is 16.5. The van der Waals surface area contributed by atoms with E-state index in [0.29, 0.717) is 12.4 Å². The molecule has 0 bridgehead atoms. The Hall–Kier alpha value is -1.06. The van der Waals surface area contributed by atoms with Gasteiger partial charge in [-0.05, 0) is 24.6 Å². The highest BCUT2D eigenvalue weighted by molar-refractivity contribution is 5.26. The second-order valence-corrected chi connectivity index (χ2v) is 2.96. The Kier molecular flexibility index (Phi) is 3.73. The minimum atomic E-state index is -0.461. The minimum Gasteiger partial charge on any atom is -0.491 e. The van der Waals surface area contributed by atoms with Crippen molar-refractivity contribution < 1.29 is 14.9 Å². The third-order valence-electron chi connectivity index (χ3n) is 1.60. The Morgan fingerprint density at radius 3 is 2.38 bits per heavy atom. The predicted molar refractivity (Wildman–Crippen MR) is 49.5 cm³/mol. The van der Waals surface area contributed by atoms with Gasteiger partial charge < -0.3 is 14.9 Å². The smallest absolute Gasteiger partial charge is 0.119 e. The molecule has 0 radical (unpaired) electrons. The maximum Gasteiger partial charge on any atom is 0.119 e. The van der Waals surface area contributed by atoms with Gasteiger partial charge in [0.2, 0.25) is 0 Å². The summed E-state index contributed by atoms with van der Waals surface area (Å²) in [5.41, 5.74) is 0.851. The maximum absolute atomic E-state index is 8.95. The van der Waals surface area contributed by atoms with Crippen LogP contribution in [0.15, 0.2) is 24.3 Å². The van der Waals surface area contributed by atoms with Gasteiger partial charge in [-0.15, -0.1) is 0 Å². The molecule has 0 aliphatic carbocycles. The molecule has 1 rings (SSSR count). The van der Waals surface area contributed by atoms with Gasteiger partial charge in [0, 0.05) is 0 Å². The molecule has 2 N–H and O–H groups in total. The summed E-state index contributed by atoms with van der Waals surface area (Å²) >= 11 is 0. The fraction of sp³-hybridized carbons (Fsp3) is 0.400. The van der Waals surface area contributed by atoms with Crippen LogP contribution < -0.4 is 4.74 Å². The Balaban J connectivity index is 2.49. The third kappa shape index (κ3) is 3.44. The quantitative estimate of drug-likeness (QED) is 0.728. The van der Waals surface area contributed by atoms with Crippen LogP contribution in [0.25, 0.3) is 0 Å². The normalized spacial score (nSPS) is 12.5. The summed E-state index contributed by atoms with van der Waals surface area (Å²) < 4.78 is 5.24. The molecule has 1 unspecified atom stereocenters. The van der Waals surface area contributed by atoms with Crippen LogP contribution in [0.3, 0.4) is 0 Å². The van der Waals surface area contributed by atoms with Crippen molar-refractivity contribution in [1.29, 1.82) is 0 Å². The zero-order valence-corrected chi connectivity index (χ0v) is 7.60. The summed E-state index contributed by atoms with van der Waals surface area (Å²) in [4.78, 5) is 0. The molecule has 72 valence electrons. The Bertz CT molecular complexity index is 241. The molecule has 0 aromatic heterocycles. The van der Waals surface area contributed by atoms with Crippen LogP contribution in [0.4, 0.5) is 0 Å². The first-order valence-corrected chi connectivity index (χ1v) is 4.23. The van der Waals surface area contributed by atoms with Crippen LogP contribution >= 0.6 is 0 Å². The van der Waals surface area contributed by atoms with E-state index in [1.165, 1.54) is 0 Å². The van der Waals surface area contributed by atoms with Crippen molar-refractivity contribution in [1.82, 2.24) is 0 Å². The molecule has 0 saturated heterocycles. The van der Waals surface area contributed by atoms with Crippen LogP contribution in [0.5, 0.6) is 5.75 Å². The number of ether oxygens (including phenoxy) is 1. The topological polar surface area (TPSA) is 49.7 Å². The standard InChI is InChI=1S/C10H14O3/c1-8(12)7-13-10-4-2-9(6-11)3-5-10/h2-5,8,11-12H,6-7H2,1H3. The van der Waals surface area contributed by atoms with Crippen LogP contribution in [-0.2, 0) is 6.61 Å². The van der Waals surface area contributed by atoms with Crippen molar-refractivity contribution in [3.05, 3.63) is 29.8 Å². The number of aliphatic hydroxyl groups excluding tert-OH is 2. The number of rotatable bonds is 4. The van der Waals surface area contributed by atoms with E-state index in [2.05, 4.69) is 0 Å². The Labute approximate surface area is 77.6 Å². The van der Waals surface area contributed by atoms with Gasteiger partial charge in [0.25, 0.3) is 0 Å². The largest absolute Gasteiger partial charge is 0.491 e. The summed E-state index contributed by atoms with van der Waals surface area (Å²) in [6.45, 7) is 2.00. The highest BCUT2D eigenvalue weighted by Crippen LogP contribution is 2.12. The Morgan fingerprint density at radius 2 is 1.92 bits per heavy atom. The lowest BCUT2D eigenvalue weighted by Crippen LogP contribution is -2.12. The van der Waals surface area contributed by atoms with Crippen molar-refractivity contribution in [2.24, 2.45) is 0 Å². The molecule has 0 aliphatic heterocycles. The monoisotopic (exact) mass is 182 g/mol. The summed E-state index contributed by atoms with van der Waals surface area (Å²) in [6, 6.07) is 7.12. The van der Waals surface area contributed by atoms with Gasteiger partial charge >= 0.3 is 0 Å². The van der Waals surface area contributed by atoms with Crippen molar-refractivity contribution in [2.45, 2.75) is 19.6 Å². The summed E-state index contributed by atoms with van der Waals surface area (Å²) in [5, 5.41) is 17.7. The molecule has 1 aromatic rings. The van der Waals surface area contributed by atoms with E-state index in [4.69, 9.17) is 14.9 Å². The van der Waals surface area contributed by atoms with Gasteiger partial charge in [0.1, 0.15) is 12.4 Å². The third-order valence-corrected chi connectivity index (χ3v) is 1.60. The van der Waals surface area contributed by atoms with E-state index in [0.717, 1.165) is 5.56 Å². The van der Waals surface area contributed by atoms with Crippen molar-refractivity contribution in [3.63, 3.8) is 0 Å². The van der Waals surface area contributed by atoms with E-state index in [1.807, 2.05) is 0 Å². The average Bonchev–Trinajstić information content (AvgIpc) is 2.15. The van der Waals surface area contributed by atoms with Gasteiger partial charge in [-0.2, -0.15) is 0 Å². The van der Waals surface area contributed by atoms with Gasteiger partial charge in [-0.1, -0.05) is 12.1 Å². The summed E-state index contributed by atoms with van der Waals surface area (Å²) in [5.74, 6) is 0.707. The van der Waals surface area contributed by atoms with Crippen LogP contribution in [0, 0.1) is 0 Å². The van der Waals surface area contributed by atoms with Gasteiger partial charge in [-0.25, -0.2) is 0 Å². The lowest BCUT2D eigenvalue weighted by molar-refractivity contribution is 0.122. The van der Waals surface area contributed by atoms with Crippen LogP contribution in [0.1, 0.15) is 12.5 Å². The summed E-state index contributed by atoms with van der Waals surface area (Å²) in [6.07, 6.45) is -0.461. The molecule has 0 spiro atoms. The highest BCUT2D eigenvalue weighted by Gasteiger charge is 1.97. The first-order valence-electron chi connectivity index (χ1n) is 4.23. The molecule has 0 heterocycles. The molecular weight excluding hydrogens is 168 g/mol. The molecular formula is C10H14O3. The van der Waals surface area contributed by atoms with Crippen LogP contribution in [-0.4, -0.2) is 22.9 Å². The van der Waals surface area contributed by atoms with E-state index in [1.54, 1.807) is 31.2 Å². The number of hydrogen-bond donors (Lipinski definition) is 2. The molecule has 1 aromatic carbocycles. The maximum atomic E-state index is 8.95. The zero-order chi connectivity index (χ0) is 9.68. The van der Waals surface area contributed by atoms with E-state index >= 15 is 0 Å². The molecule has 1 atom stereocenters. The number of benzene rings is 1. The van der Waals surface area contributed by atoms with E-state index < -0.39 is 6.10 Å². The van der Waals surface area contributed by atoms with Crippen molar-refractivity contribution >= 4 is 0 Å². The lowest BCUT2D eigenvalue weighted by Gasteiger charge is -2.07.